The second-order valence-electron chi connectivity index (χ2n) is 4.28. The number of aliphatic hydroxyl groups is 1. The molecule has 2 rings (SSSR count). The Kier molecular flexibility index (Phi) is 5.24. The fraction of sp³-hybridized carbons (Fsp3) is 0.357. The molecule has 1 atom stereocenters. The van der Waals surface area contributed by atoms with Crippen LogP contribution < -0.4 is 5.32 Å². The van der Waals surface area contributed by atoms with Crippen LogP contribution in [0.15, 0.2) is 29.6 Å². The summed E-state index contributed by atoms with van der Waals surface area (Å²) < 4.78 is 1.12. The minimum Gasteiger partial charge on any atom is -0.396 e. The number of rotatable bonds is 6. The van der Waals surface area contributed by atoms with Crippen molar-refractivity contribution < 1.29 is 9.90 Å². The molecule has 0 radical (unpaired) electrons. The van der Waals surface area contributed by atoms with Crippen LogP contribution in [0.25, 0.3) is 10.1 Å². The summed E-state index contributed by atoms with van der Waals surface area (Å²) in [7, 11) is 0. The predicted octanol–water partition coefficient (Wildman–Crippen LogP) is 2.75. The lowest BCUT2D eigenvalue weighted by Gasteiger charge is -2.16. The van der Waals surface area contributed by atoms with Gasteiger partial charge in [0.25, 0.3) is 5.91 Å². The molecule has 0 aliphatic heterocycles. The Morgan fingerprint density at radius 3 is 3.00 bits per heavy atom. The quantitative estimate of drug-likeness (QED) is 0.861. The van der Waals surface area contributed by atoms with E-state index in [-0.39, 0.29) is 18.6 Å². The number of thioether (sulfide) groups is 1. The summed E-state index contributed by atoms with van der Waals surface area (Å²) in [5, 5.41) is 14.9. The molecule has 0 spiro atoms. The van der Waals surface area contributed by atoms with E-state index in [0.717, 1.165) is 21.4 Å². The van der Waals surface area contributed by atoms with Crippen molar-refractivity contribution in [2.24, 2.45) is 0 Å². The second kappa shape index (κ2) is 6.93. The zero-order valence-electron chi connectivity index (χ0n) is 10.8. The molecule has 0 unspecified atom stereocenters. The summed E-state index contributed by atoms with van der Waals surface area (Å²) in [6.45, 7) is 0.0931. The highest BCUT2D eigenvalue weighted by atomic mass is 32.2. The molecule has 1 amide bonds. The van der Waals surface area contributed by atoms with E-state index in [2.05, 4.69) is 5.32 Å². The third-order valence-electron chi connectivity index (χ3n) is 2.91. The minimum absolute atomic E-state index is 0.0196. The fourth-order valence-electron chi connectivity index (χ4n) is 1.97. The van der Waals surface area contributed by atoms with E-state index in [0.29, 0.717) is 6.42 Å². The predicted molar refractivity (Wildman–Crippen MR) is 83.2 cm³/mol. The smallest absolute Gasteiger partial charge is 0.253 e. The first kappa shape index (κ1) is 14.4. The van der Waals surface area contributed by atoms with Gasteiger partial charge in [-0.1, -0.05) is 18.2 Å². The number of carbonyl (C=O) groups is 1. The Morgan fingerprint density at radius 1 is 1.47 bits per heavy atom. The number of benzene rings is 1. The molecule has 1 aromatic heterocycles. The molecule has 0 aliphatic rings. The molecule has 102 valence electrons. The SMILES string of the molecule is CSC[C@@H](CCO)NC(=O)c1csc2ccccc12. The summed E-state index contributed by atoms with van der Waals surface area (Å²) >= 11 is 3.25. The average Bonchev–Trinajstić information content (AvgIpc) is 2.83. The number of amides is 1. The maximum atomic E-state index is 12.3. The molecule has 3 nitrogen and oxygen atoms in total. The van der Waals surface area contributed by atoms with E-state index in [4.69, 9.17) is 5.11 Å². The lowest BCUT2D eigenvalue weighted by molar-refractivity contribution is 0.0937. The number of hydrogen-bond acceptors (Lipinski definition) is 4. The molecule has 0 saturated heterocycles. The van der Waals surface area contributed by atoms with E-state index >= 15 is 0 Å². The number of carbonyl (C=O) groups excluding carboxylic acids is 1. The largest absolute Gasteiger partial charge is 0.396 e. The maximum Gasteiger partial charge on any atom is 0.253 e. The molecular weight excluding hydrogens is 278 g/mol. The van der Waals surface area contributed by atoms with Crippen molar-refractivity contribution in [2.45, 2.75) is 12.5 Å². The summed E-state index contributed by atoms with van der Waals surface area (Å²) in [4.78, 5) is 12.3. The summed E-state index contributed by atoms with van der Waals surface area (Å²) in [6, 6.07) is 7.92. The van der Waals surface area contributed by atoms with Crippen molar-refractivity contribution in [1.82, 2.24) is 5.32 Å². The molecule has 0 fully saturated rings. The molecule has 5 heteroatoms. The second-order valence-corrected chi connectivity index (χ2v) is 6.11. The van der Waals surface area contributed by atoms with Gasteiger partial charge in [-0.15, -0.1) is 11.3 Å². The fourth-order valence-corrected chi connectivity index (χ4v) is 3.56. The average molecular weight is 295 g/mol. The standard InChI is InChI=1S/C14H17NO2S2/c1-18-8-10(6-7-16)15-14(17)12-9-19-13-5-3-2-4-11(12)13/h2-5,9-10,16H,6-8H2,1H3,(H,15,17)/t10-/m1/s1. The van der Waals surface area contributed by atoms with Crippen molar-refractivity contribution in [3.63, 3.8) is 0 Å². The van der Waals surface area contributed by atoms with Crippen molar-refractivity contribution in [1.29, 1.82) is 0 Å². The van der Waals surface area contributed by atoms with Gasteiger partial charge in [0.05, 0.1) is 5.56 Å². The Balaban J connectivity index is 2.14. The lowest BCUT2D eigenvalue weighted by atomic mass is 10.1. The summed E-state index contributed by atoms with van der Waals surface area (Å²) in [5.41, 5.74) is 0.727. The molecular formula is C14H17NO2S2. The van der Waals surface area contributed by atoms with Crippen LogP contribution in [-0.4, -0.2) is 35.7 Å². The molecule has 19 heavy (non-hydrogen) atoms. The molecule has 0 saturated carbocycles. The van der Waals surface area contributed by atoms with Gasteiger partial charge in [0, 0.05) is 33.9 Å². The number of fused-ring (bicyclic) bond motifs is 1. The molecule has 0 aliphatic carbocycles. The first-order valence-corrected chi connectivity index (χ1v) is 8.40. The third-order valence-corrected chi connectivity index (χ3v) is 4.61. The van der Waals surface area contributed by atoms with Gasteiger partial charge in [-0.05, 0) is 18.7 Å². The van der Waals surface area contributed by atoms with Crippen molar-refractivity contribution in [3.8, 4) is 0 Å². The molecule has 1 heterocycles. The number of hydrogen-bond donors (Lipinski definition) is 2. The highest BCUT2D eigenvalue weighted by molar-refractivity contribution is 7.98. The van der Waals surface area contributed by atoms with Gasteiger partial charge >= 0.3 is 0 Å². The van der Waals surface area contributed by atoms with Crippen molar-refractivity contribution in [3.05, 3.63) is 35.2 Å². The van der Waals surface area contributed by atoms with Crippen LogP contribution in [0, 0.1) is 0 Å². The molecule has 2 aromatic rings. The monoisotopic (exact) mass is 295 g/mol. The molecule has 0 bridgehead atoms. The third kappa shape index (κ3) is 3.49. The van der Waals surface area contributed by atoms with Gasteiger partial charge < -0.3 is 10.4 Å². The molecule has 1 aromatic carbocycles. The van der Waals surface area contributed by atoms with Gasteiger partial charge in [0.1, 0.15) is 0 Å². The maximum absolute atomic E-state index is 12.3. The zero-order valence-corrected chi connectivity index (χ0v) is 12.4. The summed E-state index contributed by atoms with van der Waals surface area (Å²) in [5.74, 6) is 0.763. The van der Waals surface area contributed by atoms with E-state index in [1.807, 2.05) is 35.9 Å². The van der Waals surface area contributed by atoms with Gasteiger partial charge in [-0.3, -0.25) is 4.79 Å². The Hall–Kier alpha value is -1.04. The van der Waals surface area contributed by atoms with Crippen molar-refractivity contribution in [2.75, 3.05) is 18.6 Å². The number of aliphatic hydroxyl groups excluding tert-OH is 1. The Bertz CT molecular complexity index is 547. The van der Waals surface area contributed by atoms with Gasteiger partial charge in [-0.25, -0.2) is 0 Å². The van der Waals surface area contributed by atoms with Crippen LogP contribution in [0.5, 0.6) is 0 Å². The first-order valence-electron chi connectivity index (χ1n) is 6.13. The highest BCUT2D eigenvalue weighted by Crippen LogP contribution is 2.25. The van der Waals surface area contributed by atoms with Gasteiger partial charge in [0.15, 0.2) is 0 Å². The van der Waals surface area contributed by atoms with Crippen LogP contribution >= 0.6 is 23.1 Å². The Labute approximate surface area is 121 Å². The van der Waals surface area contributed by atoms with Crippen LogP contribution in [0.1, 0.15) is 16.8 Å². The lowest BCUT2D eigenvalue weighted by Crippen LogP contribution is -2.37. The normalized spacial score (nSPS) is 12.5. The van der Waals surface area contributed by atoms with Gasteiger partial charge in [0.2, 0.25) is 0 Å². The van der Waals surface area contributed by atoms with Crippen molar-refractivity contribution >= 4 is 39.1 Å². The highest BCUT2D eigenvalue weighted by Gasteiger charge is 2.16. The van der Waals surface area contributed by atoms with Crippen LogP contribution in [0.3, 0.4) is 0 Å². The van der Waals surface area contributed by atoms with Gasteiger partial charge in [-0.2, -0.15) is 11.8 Å². The number of thiophene rings is 1. The van der Waals surface area contributed by atoms with E-state index in [9.17, 15) is 4.79 Å². The molecule has 2 N–H and O–H groups in total. The number of nitrogens with one attached hydrogen (secondary N) is 1. The topological polar surface area (TPSA) is 49.3 Å². The van der Waals surface area contributed by atoms with Crippen LogP contribution in [0.2, 0.25) is 0 Å². The summed E-state index contributed by atoms with van der Waals surface area (Å²) in [6.07, 6.45) is 2.59. The van der Waals surface area contributed by atoms with E-state index in [1.165, 1.54) is 0 Å². The minimum atomic E-state index is -0.0510. The first-order chi connectivity index (χ1) is 9.26. The van der Waals surface area contributed by atoms with E-state index < -0.39 is 0 Å². The zero-order chi connectivity index (χ0) is 13.7. The van der Waals surface area contributed by atoms with Crippen LogP contribution in [-0.2, 0) is 0 Å². The van der Waals surface area contributed by atoms with E-state index in [1.54, 1.807) is 23.1 Å². The van der Waals surface area contributed by atoms with Crippen LogP contribution in [0.4, 0.5) is 0 Å². The Morgan fingerprint density at radius 2 is 2.26 bits per heavy atom.